The lowest BCUT2D eigenvalue weighted by atomic mass is 10.1. The van der Waals surface area contributed by atoms with E-state index in [1.807, 2.05) is 38.1 Å². The molecular weight excluding hydrogens is 248 g/mol. The van der Waals surface area contributed by atoms with Crippen molar-refractivity contribution in [3.05, 3.63) is 29.8 Å². The van der Waals surface area contributed by atoms with Gasteiger partial charge in [-0.05, 0) is 36.8 Å². The molecule has 18 heavy (non-hydrogen) atoms. The number of anilines is 1. The molecular formula is C12H16N4OS. The van der Waals surface area contributed by atoms with E-state index >= 15 is 0 Å². The van der Waals surface area contributed by atoms with Crippen LogP contribution in [0.5, 0.6) is 0 Å². The fraction of sp³-hybridized carbons (Fsp3) is 0.250. The number of nitrogens with one attached hydrogen (secondary N) is 2. The van der Waals surface area contributed by atoms with Crippen molar-refractivity contribution in [2.45, 2.75) is 20.3 Å². The Morgan fingerprint density at radius 2 is 2.00 bits per heavy atom. The molecule has 4 N–H and O–H groups in total. The molecule has 1 rings (SSSR count). The van der Waals surface area contributed by atoms with Crippen LogP contribution in [0.2, 0.25) is 0 Å². The molecule has 0 aliphatic carbocycles. The largest absolute Gasteiger partial charge is 0.375 e. The van der Waals surface area contributed by atoms with Crippen molar-refractivity contribution in [3.63, 3.8) is 0 Å². The van der Waals surface area contributed by atoms with Crippen LogP contribution in [0.15, 0.2) is 29.4 Å². The Bertz CT molecular complexity index is 467. The van der Waals surface area contributed by atoms with Gasteiger partial charge in [-0.15, -0.1) is 0 Å². The number of hydrazone groups is 1. The van der Waals surface area contributed by atoms with E-state index in [2.05, 4.69) is 28.1 Å². The lowest BCUT2D eigenvalue weighted by Crippen LogP contribution is -2.25. The molecule has 1 amide bonds. The maximum absolute atomic E-state index is 11.2. The molecule has 1 aromatic carbocycles. The number of nitrogens with zero attached hydrogens (tertiary/aromatic N) is 1. The Balaban J connectivity index is 2.73. The molecule has 1 aromatic rings. The van der Waals surface area contributed by atoms with Crippen molar-refractivity contribution in [3.8, 4) is 0 Å². The van der Waals surface area contributed by atoms with Gasteiger partial charge in [-0.25, -0.2) is 0 Å². The predicted octanol–water partition coefficient (Wildman–Crippen LogP) is 1.59. The number of thiocarbonyl (C=S) groups is 1. The van der Waals surface area contributed by atoms with Gasteiger partial charge in [0.2, 0.25) is 5.91 Å². The molecule has 0 bridgehead atoms. The van der Waals surface area contributed by atoms with Gasteiger partial charge in [0.15, 0.2) is 5.11 Å². The summed E-state index contributed by atoms with van der Waals surface area (Å²) >= 11 is 4.66. The van der Waals surface area contributed by atoms with Crippen LogP contribution in [-0.2, 0) is 4.79 Å². The van der Waals surface area contributed by atoms with E-state index in [1.165, 1.54) is 0 Å². The van der Waals surface area contributed by atoms with Crippen LogP contribution in [0.4, 0.5) is 5.69 Å². The molecule has 0 aliphatic heterocycles. The second-order valence-electron chi connectivity index (χ2n) is 3.65. The molecule has 0 radical (unpaired) electrons. The molecule has 0 aromatic heterocycles. The molecule has 0 aliphatic rings. The van der Waals surface area contributed by atoms with Gasteiger partial charge in [-0.3, -0.25) is 10.2 Å². The average Bonchev–Trinajstić information content (AvgIpc) is 2.36. The van der Waals surface area contributed by atoms with Gasteiger partial charge in [0.25, 0.3) is 0 Å². The Morgan fingerprint density at radius 3 is 2.50 bits per heavy atom. The van der Waals surface area contributed by atoms with Crippen LogP contribution in [-0.4, -0.2) is 16.7 Å². The fourth-order valence-electron chi connectivity index (χ4n) is 1.25. The maximum Gasteiger partial charge on any atom is 0.224 e. The van der Waals surface area contributed by atoms with E-state index in [-0.39, 0.29) is 11.0 Å². The van der Waals surface area contributed by atoms with Crippen molar-refractivity contribution in [1.82, 2.24) is 5.43 Å². The van der Waals surface area contributed by atoms with Gasteiger partial charge in [0, 0.05) is 12.1 Å². The normalized spacial score (nSPS) is 10.9. The van der Waals surface area contributed by atoms with E-state index < -0.39 is 0 Å². The van der Waals surface area contributed by atoms with E-state index in [1.54, 1.807) is 0 Å². The minimum atomic E-state index is -0.0108. The molecule has 0 saturated carbocycles. The lowest BCUT2D eigenvalue weighted by Gasteiger charge is -2.05. The van der Waals surface area contributed by atoms with E-state index in [0.717, 1.165) is 17.0 Å². The molecule has 0 spiro atoms. The monoisotopic (exact) mass is 264 g/mol. The molecule has 0 saturated heterocycles. The highest BCUT2D eigenvalue weighted by atomic mass is 32.1. The molecule has 0 heterocycles. The summed E-state index contributed by atoms with van der Waals surface area (Å²) in [6, 6.07) is 7.38. The summed E-state index contributed by atoms with van der Waals surface area (Å²) in [6.07, 6.45) is 0.458. The summed E-state index contributed by atoms with van der Waals surface area (Å²) in [5.41, 5.74) is 10.3. The number of carbonyl (C=O) groups excluding carboxylic acids is 1. The van der Waals surface area contributed by atoms with Crippen LogP contribution < -0.4 is 16.5 Å². The van der Waals surface area contributed by atoms with Gasteiger partial charge in [0.1, 0.15) is 0 Å². The minimum Gasteiger partial charge on any atom is -0.375 e. The molecule has 0 atom stereocenters. The average molecular weight is 264 g/mol. The minimum absolute atomic E-state index is 0.0108. The third-order valence-corrected chi connectivity index (χ3v) is 2.33. The predicted molar refractivity (Wildman–Crippen MR) is 77.5 cm³/mol. The lowest BCUT2D eigenvalue weighted by molar-refractivity contribution is -0.115. The van der Waals surface area contributed by atoms with Crippen molar-refractivity contribution >= 4 is 34.6 Å². The zero-order valence-electron chi connectivity index (χ0n) is 10.4. The molecule has 5 nitrogen and oxygen atoms in total. The SMILES string of the molecule is CCC(=O)Nc1ccc(C(C)=NNC(N)=S)cc1. The fourth-order valence-corrected chi connectivity index (χ4v) is 1.29. The van der Waals surface area contributed by atoms with Crippen LogP contribution in [0.25, 0.3) is 0 Å². The Kier molecular flexibility index (Phi) is 5.26. The zero-order chi connectivity index (χ0) is 13.5. The standard InChI is InChI=1S/C12H16N4OS/c1-3-11(17)14-10-6-4-9(5-7-10)8(2)15-16-12(13)18/h4-7H,3H2,1-2H3,(H,14,17)(H3,13,16,18). The topological polar surface area (TPSA) is 79.5 Å². The number of nitrogens with two attached hydrogens (primary N) is 1. The van der Waals surface area contributed by atoms with Crippen LogP contribution >= 0.6 is 12.2 Å². The summed E-state index contributed by atoms with van der Waals surface area (Å²) < 4.78 is 0. The van der Waals surface area contributed by atoms with Crippen LogP contribution in [0.3, 0.4) is 0 Å². The first-order valence-corrected chi connectivity index (χ1v) is 5.93. The number of amides is 1. The summed E-state index contributed by atoms with van der Waals surface area (Å²) in [6.45, 7) is 3.65. The maximum atomic E-state index is 11.2. The second-order valence-corrected chi connectivity index (χ2v) is 4.09. The Labute approximate surface area is 111 Å². The zero-order valence-corrected chi connectivity index (χ0v) is 11.2. The van der Waals surface area contributed by atoms with Gasteiger partial charge in [0.05, 0.1) is 5.71 Å². The number of carbonyl (C=O) groups is 1. The van der Waals surface area contributed by atoms with Gasteiger partial charge < -0.3 is 11.1 Å². The van der Waals surface area contributed by atoms with E-state index in [9.17, 15) is 4.79 Å². The first-order valence-electron chi connectivity index (χ1n) is 5.53. The first-order chi connectivity index (χ1) is 8.52. The smallest absolute Gasteiger partial charge is 0.224 e. The Hall–Kier alpha value is -1.95. The summed E-state index contributed by atoms with van der Waals surface area (Å²) in [4.78, 5) is 11.2. The summed E-state index contributed by atoms with van der Waals surface area (Å²) in [7, 11) is 0. The van der Waals surface area contributed by atoms with Crippen molar-refractivity contribution in [1.29, 1.82) is 0 Å². The van der Waals surface area contributed by atoms with Crippen LogP contribution in [0.1, 0.15) is 25.8 Å². The summed E-state index contributed by atoms with van der Waals surface area (Å²) in [5, 5.41) is 6.91. The van der Waals surface area contributed by atoms with Crippen molar-refractivity contribution in [2.75, 3.05) is 5.32 Å². The number of benzene rings is 1. The summed E-state index contributed by atoms with van der Waals surface area (Å²) in [5.74, 6) is -0.0108. The molecule has 96 valence electrons. The van der Waals surface area contributed by atoms with Crippen molar-refractivity contribution < 1.29 is 4.79 Å². The highest BCUT2D eigenvalue weighted by Crippen LogP contribution is 2.10. The third kappa shape index (κ3) is 4.50. The highest BCUT2D eigenvalue weighted by molar-refractivity contribution is 7.80. The van der Waals surface area contributed by atoms with Crippen LogP contribution in [0, 0.1) is 0 Å². The van der Waals surface area contributed by atoms with E-state index in [4.69, 9.17) is 5.73 Å². The van der Waals surface area contributed by atoms with E-state index in [0.29, 0.717) is 6.42 Å². The van der Waals surface area contributed by atoms with Crippen molar-refractivity contribution in [2.24, 2.45) is 10.8 Å². The quantitative estimate of drug-likeness (QED) is 0.438. The number of hydrogen-bond acceptors (Lipinski definition) is 3. The Morgan fingerprint density at radius 1 is 1.39 bits per heavy atom. The molecule has 0 unspecified atom stereocenters. The second kappa shape index (κ2) is 6.70. The van der Waals surface area contributed by atoms with Gasteiger partial charge in [-0.1, -0.05) is 19.1 Å². The highest BCUT2D eigenvalue weighted by Gasteiger charge is 2.01. The molecule has 0 fully saturated rings. The third-order valence-electron chi connectivity index (χ3n) is 2.24. The first kappa shape index (κ1) is 14.1. The molecule has 6 heteroatoms. The van der Waals surface area contributed by atoms with Gasteiger partial charge in [-0.2, -0.15) is 5.10 Å². The van der Waals surface area contributed by atoms with Gasteiger partial charge >= 0.3 is 0 Å². The number of hydrogen-bond donors (Lipinski definition) is 3. The number of rotatable bonds is 4.